The standard InChI is InChI=1S/C5H5N3.CHF3O3S/c6-1-3-8-4-2-7-5-8;2-1(3,4)8(5,6)7/h2,4-5H,3H2;(H,5,6,7). The minimum Gasteiger partial charge on any atom is -0.324 e. The van der Waals surface area contributed by atoms with E-state index >= 15 is 0 Å². The summed E-state index contributed by atoms with van der Waals surface area (Å²) in [5.74, 6) is 0. The predicted molar refractivity (Wildman–Crippen MR) is 45.4 cm³/mol. The maximum absolute atomic E-state index is 10.7. The lowest BCUT2D eigenvalue weighted by atomic mass is 10.7. The van der Waals surface area contributed by atoms with E-state index in [2.05, 4.69) is 4.98 Å². The lowest BCUT2D eigenvalue weighted by Crippen LogP contribution is -2.21. The van der Waals surface area contributed by atoms with Gasteiger partial charge >= 0.3 is 15.6 Å². The fourth-order valence-electron chi connectivity index (χ4n) is 0.462. The molecule has 0 fully saturated rings. The number of halogens is 3. The number of hydrogen-bond donors (Lipinski definition) is 1. The molecule has 1 rings (SSSR count). The Bertz CT molecular complexity index is 446. The Morgan fingerprint density at radius 2 is 2.00 bits per heavy atom. The van der Waals surface area contributed by atoms with Crippen molar-refractivity contribution in [2.45, 2.75) is 12.1 Å². The highest BCUT2D eigenvalue weighted by molar-refractivity contribution is 7.86. The highest BCUT2D eigenvalue weighted by Gasteiger charge is 2.44. The molecule has 1 aromatic heterocycles. The second-order valence-electron chi connectivity index (χ2n) is 2.31. The molecule has 16 heavy (non-hydrogen) atoms. The molecule has 0 saturated carbocycles. The van der Waals surface area contributed by atoms with E-state index in [0.29, 0.717) is 6.54 Å². The van der Waals surface area contributed by atoms with Gasteiger partial charge in [0.05, 0.1) is 12.4 Å². The summed E-state index contributed by atoms with van der Waals surface area (Å²) in [6, 6.07) is 1.99. The van der Waals surface area contributed by atoms with Crippen molar-refractivity contribution in [3.05, 3.63) is 18.7 Å². The van der Waals surface area contributed by atoms with Crippen molar-refractivity contribution in [3.8, 4) is 6.07 Å². The van der Waals surface area contributed by atoms with Crippen LogP contribution in [0.3, 0.4) is 0 Å². The van der Waals surface area contributed by atoms with Gasteiger partial charge in [-0.2, -0.15) is 26.9 Å². The molecule has 90 valence electrons. The second kappa shape index (κ2) is 5.47. The maximum atomic E-state index is 10.7. The molecule has 0 radical (unpaired) electrons. The van der Waals surface area contributed by atoms with Gasteiger partial charge in [-0.05, 0) is 0 Å². The van der Waals surface area contributed by atoms with E-state index in [1.807, 2.05) is 6.07 Å². The molecular formula is C6H6F3N3O3S. The van der Waals surface area contributed by atoms with E-state index in [4.69, 9.17) is 18.2 Å². The quantitative estimate of drug-likeness (QED) is 0.593. The summed E-state index contributed by atoms with van der Waals surface area (Å²) in [6.45, 7) is 0.389. The van der Waals surface area contributed by atoms with Crippen LogP contribution in [0.25, 0.3) is 0 Å². The van der Waals surface area contributed by atoms with Gasteiger partial charge in [-0.3, -0.25) is 4.55 Å². The van der Waals surface area contributed by atoms with Gasteiger partial charge in [-0.1, -0.05) is 0 Å². The summed E-state index contributed by atoms with van der Waals surface area (Å²) in [5, 5.41) is 8.14. The van der Waals surface area contributed by atoms with Crippen LogP contribution in [0.1, 0.15) is 0 Å². The van der Waals surface area contributed by atoms with Gasteiger partial charge in [0, 0.05) is 12.4 Å². The fourth-order valence-corrected chi connectivity index (χ4v) is 0.462. The first-order chi connectivity index (χ1) is 7.18. The third kappa shape index (κ3) is 5.32. The first kappa shape index (κ1) is 14.4. The number of nitrogens with zero attached hydrogens (tertiary/aromatic N) is 3. The Morgan fingerprint density at radius 1 is 1.50 bits per heavy atom. The second-order valence-corrected chi connectivity index (χ2v) is 3.73. The zero-order valence-electron chi connectivity index (χ0n) is 7.59. The molecule has 0 unspecified atom stereocenters. The number of alkyl halides is 3. The van der Waals surface area contributed by atoms with Crippen LogP contribution in [0, 0.1) is 11.3 Å². The molecule has 0 amide bonds. The van der Waals surface area contributed by atoms with Crippen LogP contribution in [0.15, 0.2) is 18.7 Å². The van der Waals surface area contributed by atoms with E-state index in [0.717, 1.165) is 0 Å². The lowest BCUT2D eigenvalue weighted by Gasteiger charge is -1.97. The molecule has 1 N–H and O–H groups in total. The van der Waals surface area contributed by atoms with Crippen LogP contribution in [0.4, 0.5) is 13.2 Å². The highest BCUT2D eigenvalue weighted by atomic mass is 32.2. The molecule has 6 nitrogen and oxygen atoms in total. The molecule has 0 bridgehead atoms. The van der Waals surface area contributed by atoms with Gasteiger partial charge < -0.3 is 4.57 Å². The smallest absolute Gasteiger partial charge is 0.324 e. The van der Waals surface area contributed by atoms with Crippen molar-refractivity contribution in [3.63, 3.8) is 0 Å². The Kier molecular flexibility index (Phi) is 4.93. The van der Waals surface area contributed by atoms with E-state index in [1.165, 1.54) is 0 Å². The molecule has 0 saturated heterocycles. The Balaban J connectivity index is 0.000000281. The molecule has 10 heteroatoms. The zero-order valence-corrected chi connectivity index (χ0v) is 8.40. The van der Waals surface area contributed by atoms with Crippen LogP contribution in [0.5, 0.6) is 0 Å². The van der Waals surface area contributed by atoms with Crippen LogP contribution in [0.2, 0.25) is 0 Å². The lowest BCUT2D eigenvalue weighted by molar-refractivity contribution is -0.0510. The van der Waals surface area contributed by atoms with Crippen LogP contribution in [-0.2, 0) is 16.7 Å². The maximum Gasteiger partial charge on any atom is 0.522 e. The average Bonchev–Trinajstić information content (AvgIpc) is 2.54. The first-order valence-electron chi connectivity index (χ1n) is 3.55. The molecule has 1 aromatic rings. The van der Waals surface area contributed by atoms with Gasteiger partial charge in [0.15, 0.2) is 0 Å². The normalized spacial score (nSPS) is 11.2. The molecule has 0 aliphatic heterocycles. The van der Waals surface area contributed by atoms with E-state index in [-0.39, 0.29) is 0 Å². The Hall–Kier alpha value is -1.60. The van der Waals surface area contributed by atoms with Crippen LogP contribution in [-0.4, -0.2) is 28.0 Å². The predicted octanol–water partition coefficient (Wildman–Crippen LogP) is 0.801. The van der Waals surface area contributed by atoms with Crippen molar-refractivity contribution in [1.29, 1.82) is 5.26 Å². The topological polar surface area (TPSA) is 96.0 Å². The molecule has 1 heterocycles. The molecule has 0 atom stereocenters. The fraction of sp³-hybridized carbons (Fsp3) is 0.333. The molecule has 0 aromatic carbocycles. The molecular weight excluding hydrogens is 251 g/mol. The van der Waals surface area contributed by atoms with Gasteiger partial charge in [0.25, 0.3) is 0 Å². The summed E-state index contributed by atoms with van der Waals surface area (Å²) < 4.78 is 59.2. The van der Waals surface area contributed by atoms with Gasteiger partial charge in [-0.15, -0.1) is 0 Å². The highest BCUT2D eigenvalue weighted by Crippen LogP contribution is 2.20. The first-order valence-corrected chi connectivity index (χ1v) is 4.99. The summed E-state index contributed by atoms with van der Waals surface area (Å²) >= 11 is 0. The number of aromatic nitrogens is 2. The van der Waals surface area contributed by atoms with Crippen molar-refractivity contribution in [2.24, 2.45) is 0 Å². The summed E-state index contributed by atoms with van der Waals surface area (Å²) in [4.78, 5) is 3.75. The molecule has 0 aliphatic rings. The summed E-state index contributed by atoms with van der Waals surface area (Å²) in [6.07, 6.45) is 5.02. The van der Waals surface area contributed by atoms with E-state index < -0.39 is 15.6 Å². The van der Waals surface area contributed by atoms with Crippen molar-refractivity contribution in [1.82, 2.24) is 9.55 Å². The third-order valence-corrected chi connectivity index (χ3v) is 1.69. The average molecular weight is 257 g/mol. The van der Waals surface area contributed by atoms with Crippen molar-refractivity contribution >= 4 is 10.1 Å². The zero-order chi connectivity index (χ0) is 12.8. The number of nitriles is 1. The summed E-state index contributed by atoms with van der Waals surface area (Å²) in [7, 11) is -5.84. The van der Waals surface area contributed by atoms with E-state index in [1.54, 1.807) is 23.3 Å². The minimum atomic E-state index is -5.84. The van der Waals surface area contributed by atoms with E-state index in [9.17, 15) is 13.2 Å². The van der Waals surface area contributed by atoms with Crippen LogP contribution >= 0.6 is 0 Å². The minimum absolute atomic E-state index is 0.389. The van der Waals surface area contributed by atoms with Crippen LogP contribution < -0.4 is 0 Å². The largest absolute Gasteiger partial charge is 0.522 e. The van der Waals surface area contributed by atoms with Gasteiger partial charge in [0.2, 0.25) is 0 Å². The van der Waals surface area contributed by atoms with Crippen molar-refractivity contribution < 1.29 is 26.1 Å². The number of hydrogen-bond acceptors (Lipinski definition) is 4. The summed E-state index contributed by atoms with van der Waals surface area (Å²) in [5.41, 5.74) is -5.53. The Labute approximate surface area is 88.7 Å². The Morgan fingerprint density at radius 3 is 2.25 bits per heavy atom. The molecule has 0 spiro atoms. The SMILES string of the molecule is N#CCn1ccnc1.O=S(=O)(O)C(F)(F)F. The van der Waals surface area contributed by atoms with Crippen molar-refractivity contribution in [2.75, 3.05) is 0 Å². The number of imidazole rings is 1. The number of rotatable bonds is 1. The van der Waals surface area contributed by atoms with Gasteiger partial charge in [-0.25, -0.2) is 4.98 Å². The molecule has 0 aliphatic carbocycles. The monoisotopic (exact) mass is 257 g/mol. The third-order valence-electron chi connectivity index (χ3n) is 1.10. The van der Waals surface area contributed by atoms with Gasteiger partial charge in [0.1, 0.15) is 6.54 Å².